The van der Waals surface area contributed by atoms with Crippen LogP contribution < -0.4 is 34.3 Å². The molecule has 11 saturated heterocycles. The van der Waals surface area contributed by atoms with Gasteiger partial charge in [-0.2, -0.15) is 0 Å². The SMILES string of the molecule is Cc1cc(C)c(C)c(N2C(C)C3(C)CCC2(C)c2ccccc23)c1.Cc1cc(C)c(C)c(N2C(C)C34CCC2(CC3)CC4)c1.Cc1cc(C)c(C)c(N2C(C)C34CCC2(CC3)c2ccccc24)c1.Cc1cc(C)c(C)c(N2C(C)N3CCC2(C)CC3C)c1.Cc1cc(C)c(C)c(N2C(C)N3CCC2(C)c2ccccc23)c1.Cc1cc(C)c(C)c(N2C3CCC(c4ccccc43)C2C)c1. The summed E-state index contributed by atoms with van der Waals surface area (Å²) in [5.41, 5.74) is 49.2. The van der Waals surface area contributed by atoms with Crippen LogP contribution in [-0.2, 0) is 27.4 Å². The van der Waals surface area contributed by atoms with Gasteiger partial charge in [0.1, 0.15) is 0 Å². The van der Waals surface area contributed by atoms with Crippen molar-refractivity contribution in [1.29, 1.82) is 0 Å². The van der Waals surface area contributed by atoms with Gasteiger partial charge in [0.05, 0.1) is 35.0 Å². The minimum Gasteiger partial charge on any atom is -0.362 e. The Morgan fingerprint density at radius 1 is 0.301 bits per heavy atom. The quantitative estimate of drug-likeness (QED) is 0.163. The summed E-state index contributed by atoms with van der Waals surface area (Å²) >= 11 is 0. The molecule has 8 heteroatoms. The highest BCUT2D eigenvalue weighted by Gasteiger charge is 2.66. The summed E-state index contributed by atoms with van der Waals surface area (Å²) in [6, 6.07) is 68.6. The summed E-state index contributed by atoms with van der Waals surface area (Å²) < 4.78 is 0. The fourth-order valence-electron chi connectivity index (χ4n) is 31.3. The highest BCUT2D eigenvalue weighted by molar-refractivity contribution is 5.75. The summed E-state index contributed by atoms with van der Waals surface area (Å²) in [7, 11) is 0. The molecule has 702 valence electrons. The van der Waals surface area contributed by atoms with Gasteiger partial charge in [-0.3, -0.25) is 4.90 Å². The predicted octanol–water partition coefficient (Wildman–Crippen LogP) is 30.6. The van der Waals surface area contributed by atoms with Crippen molar-refractivity contribution in [3.05, 3.63) is 309 Å². The number of aryl methyl sites for hydroxylation is 12. The van der Waals surface area contributed by atoms with Crippen LogP contribution in [0, 0.1) is 130 Å². The first-order chi connectivity index (χ1) is 63.1. The number of benzene rings is 10. The second-order valence-electron chi connectivity index (χ2n) is 46.8. The Balaban J connectivity index is 0.000000103. The molecule has 10 aromatic rings. The van der Waals surface area contributed by atoms with Crippen molar-refractivity contribution in [3.8, 4) is 0 Å². The van der Waals surface area contributed by atoms with Gasteiger partial charge in [-0.05, 0) is 484 Å². The number of piperidine rings is 8. The van der Waals surface area contributed by atoms with Crippen LogP contribution in [0.3, 0.4) is 0 Å². The van der Waals surface area contributed by atoms with Crippen molar-refractivity contribution in [3.63, 3.8) is 0 Å². The lowest BCUT2D eigenvalue weighted by atomic mass is 9.47. The molecule has 16 aliphatic heterocycles. The third kappa shape index (κ3) is 14.4. The van der Waals surface area contributed by atoms with E-state index in [9.17, 15) is 0 Å². The number of anilines is 7. The van der Waals surface area contributed by atoms with E-state index >= 15 is 0 Å². The van der Waals surface area contributed by atoms with E-state index in [1.54, 1.807) is 33.5 Å². The second kappa shape index (κ2) is 33.6. The van der Waals surface area contributed by atoms with Crippen LogP contribution in [0.25, 0.3) is 0 Å². The van der Waals surface area contributed by atoms with E-state index in [2.05, 4.69) is 410 Å². The van der Waals surface area contributed by atoms with Crippen LogP contribution >= 0.6 is 0 Å². The molecule has 34 rings (SSSR count). The third-order valence-electron chi connectivity index (χ3n) is 39.5. The molecule has 0 spiro atoms. The molecule has 12 bridgehead atoms. The third-order valence-corrected chi connectivity index (χ3v) is 39.5. The number of nitrogens with zero attached hydrogens (tertiary/aromatic N) is 8. The highest BCUT2D eigenvalue weighted by atomic mass is 15.5. The van der Waals surface area contributed by atoms with E-state index in [4.69, 9.17) is 0 Å². The molecule has 0 aromatic heterocycles. The monoisotopic (exact) mass is 1780 g/mol. The molecule has 0 amide bonds. The maximum Gasteiger partial charge on any atom is 0.0995 e. The molecule has 15 fully saturated rings. The Bertz CT molecular complexity index is 6070. The van der Waals surface area contributed by atoms with Crippen molar-refractivity contribution >= 4 is 39.8 Å². The molecule has 0 N–H and O–H groups in total. The summed E-state index contributed by atoms with van der Waals surface area (Å²) in [5, 5.41) is 0. The molecule has 133 heavy (non-hydrogen) atoms. The minimum absolute atomic E-state index is 0.0791. The van der Waals surface area contributed by atoms with Gasteiger partial charge < -0.3 is 34.3 Å². The van der Waals surface area contributed by atoms with Gasteiger partial charge in [-0.25, -0.2) is 0 Å². The van der Waals surface area contributed by atoms with Gasteiger partial charge in [-0.1, -0.05) is 134 Å². The standard InChI is InChI=1S/C23H27N.C23H29N.C21H26N2.C21H25N.C19H27N.C18H28N2/c1-15-13-16(2)17(3)21(14-15)24-18(4)22-9-11-23(24,12-10-22)20-8-6-5-7-19(20)22;1-15-13-16(2)17(3)21(14-15)24-18(4)22(5)11-12-23(24,6)20-10-8-7-9-19(20)22;1-14-12-15(2)16(3)20(13-14)23-17(4)22-11-10-21(23,5)18-8-6-7-9-19(18)22;1-13-11-14(2)15(3)21(12-13)22-16(4)17-9-10-20(22)19-8-6-5-7-18(17)19;1-13-11-14(2)15(3)17(12-13)20-16(4)18-5-8-19(20,9-6-18)10-7-18;1-12-9-13(2)15(4)17(10-12)20-16(5)19-8-7-18(20,6)11-14(19)3/h5-8,13-14,18H,9-12H2,1-4H3;7-10,13-14,18H,11-12H2,1-6H3;6-9,12-13,17H,10-11H2,1-5H3;5-8,11-12,16-17,20H,9-10H2,1-4H3;11-12,16H,5-10H2,1-4H3;9-10,14,16H,7-8,11H2,1-6H3. The summed E-state index contributed by atoms with van der Waals surface area (Å²) in [4.78, 5) is 21.7. The first-order valence-corrected chi connectivity index (χ1v) is 52.2. The second-order valence-corrected chi connectivity index (χ2v) is 46.8. The zero-order valence-corrected chi connectivity index (χ0v) is 87.4. The molecule has 4 saturated carbocycles. The molecule has 14 unspecified atom stereocenters. The van der Waals surface area contributed by atoms with Crippen molar-refractivity contribution in [2.24, 2.45) is 5.41 Å². The maximum absolute atomic E-state index is 2.86. The van der Waals surface area contributed by atoms with Gasteiger partial charge in [0.2, 0.25) is 0 Å². The summed E-state index contributed by atoms with van der Waals surface area (Å²) in [6.45, 7) is 69.8. The van der Waals surface area contributed by atoms with Crippen LogP contribution in [0.15, 0.2) is 170 Å². The molecule has 10 aromatic carbocycles. The summed E-state index contributed by atoms with van der Waals surface area (Å²) in [5.74, 6) is 0.682. The number of fused-ring (bicyclic) bond motifs is 9. The zero-order valence-electron chi connectivity index (χ0n) is 87.4. The normalized spacial score (nSPS) is 31.7. The van der Waals surface area contributed by atoms with Crippen LogP contribution in [-0.4, -0.2) is 71.6 Å². The predicted molar refractivity (Wildman–Crippen MR) is 568 cm³/mol. The largest absolute Gasteiger partial charge is 0.362 e. The van der Waals surface area contributed by atoms with E-state index < -0.39 is 0 Å². The molecular formula is C125H162N8. The molecule has 8 nitrogen and oxygen atoms in total. The average molecular weight is 1780 g/mol. The maximum atomic E-state index is 2.86. The highest BCUT2D eigenvalue weighted by Crippen LogP contribution is 2.69. The van der Waals surface area contributed by atoms with Crippen LogP contribution in [0.1, 0.15) is 336 Å². The lowest BCUT2D eigenvalue weighted by Gasteiger charge is -2.70. The number of hydrogen-bond acceptors (Lipinski definition) is 8. The van der Waals surface area contributed by atoms with Crippen LogP contribution in [0.5, 0.6) is 0 Å². The zero-order chi connectivity index (χ0) is 94.5. The first-order valence-electron chi connectivity index (χ1n) is 52.2. The Hall–Kier alpha value is -9.24. The van der Waals surface area contributed by atoms with E-state index in [1.807, 2.05) is 0 Å². The van der Waals surface area contributed by atoms with Crippen molar-refractivity contribution in [2.75, 3.05) is 47.4 Å². The van der Waals surface area contributed by atoms with Gasteiger partial charge in [-0.15, -0.1) is 0 Å². The molecule has 16 heterocycles. The fourth-order valence-corrected chi connectivity index (χ4v) is 31.3. The van der Waals surface area contributed by atoms with Gasteiger partial charge >= 0.3 is 0 Å². The van der Waals surface area contributed by atoms with E-state index in [0.29, 0.717) is 70.4 Å². The van der Waals surface area contributed by atoms with E-state index in [1.165, 1.54) is 261 Å². The van der Waals surface area contributed by atoms with Crippen LogP contribution in [0.2, 0.25) is 0 Å². The van der Waals surface area contributed by atoms with Crippen molar-refractivity contribution in [1.82, 2.24) is 4.90 Å². The Kier molecular flexibility index (Phi) is 23.4. The van der Waals surface area contributed by atoms with Crippen molar-refractivity contribution < 1.29 is 0 Å². The molecule has 0 radical (unpaired) electrons. The molecule has 24 aliphatic rings. The topological polar surface area (TPSA) is 25.9 Å². The molecular weight excluding hydrogens is 1610 g/mol. The number of para-hydroxylation sites is 1. The smallest absolute Gasteiger partial charge is 0.0995 e. The van der Waals surface area contributed by atoms with Gasteiger partial charge in [0.15, 0.2) is 0 Å². The first kappa shape index (κ1) is 92.8. The van der Waals surface area contributed by atoms with Crippen molar-refractivity contribution in [2.45, 2.75) is 403 Å². The number of rotatable bonds is 6. The Morgan fingerprint density at radius 3 is 1.23 bits per heavy atom. The Labute approximate surface area is 804 Å². The van der Waals surface area contributed by atoms with Gasteiger partial charge in [0, 0.05) is 116 Å². The Morgan fingerprint density at radius 2 is 0.722 bits per heavy atom. The molecule has 14 atom stereocenters. The fraction of sp³-hybridized carbons (Fsp3) is 0.520. The van der Waals surface area contributed by atoms with E-state index in [-0.39, 0.29) is 22.0 Å². The van der Waals surface area contributed by atoms with Crippen LogP contribution in [0.4, 0.5) is 39.8 Å². The van der Waals surface area contributed by atoms with E-state index in [0.717, 1.165) is 12.6 Å². The minimum atomic E-state index is 0.0791. The summed E-state index contributed by atoms with van der Waals surface area (Å²) in [6.07, 6.45) is 23.9. The van der Waals surface area contributed by atoms with Gasteiger partial charge in [0.25, 0.3) is 0 Å². The number of hydrogen-bond donors (Lipinski definition) is 0. The lowest BCUT2D eigenvalue weighted by Crippen LogP contribution is -2.72. The average Bonchev–Trinajstić information content (AvgIpc) is 0.660. The molecule has 8 aliphatic carbocycles. The lowest BCUT2D eigenvalue weighted by molar-refractivity contribution is -0.0447.